The summed E-state index contributed by atoms with van der Waals surface area (Å²) in [5.74, 6) is 0.594. The molecule has 10 heavy (non-hydrogen) atoms. The van der Waals surface area contributed by atoms with Crippen LogP contribution in [0.15, 0.2) is 5.16 Å². The first-order valence-electron chi connectivity index (χ1n) is 4.01. The first-order valence-corrected chi connectivity index (χ1v) is 4.01. The van der Waals surface area contributed by atoms with Crippen molar-refractivity contribution in [3.05, 3.63) is 0 Å². The summed E-state index contributed by atoms with van der Waals surface area (Å²) in [6.07, 6.45) is 7.81. The molecule has 1 aliphatic rings. The monoisotopic (exact) mass is 140 g/mol. The number of rotatable bonds is 4. The molecule has 2 heteroatoms. The number of hydrogen-bond acceptors (Lipinski definition) is 2. The lowest BCUT2D eigenvalue weighted by atomic mass is 9.87. The van der Waals surface area contributed by atoms with Gasteiger partial charge < -0.3 is 4.84 Å². The van der Waals surface area contributed by atoms with Crippen LogP contribution in [0.5, 0.6) is 0 Å². The second-order valence-corrected chi connectivity index (χ2v) is 2.68. The molecule has 1 aliphatic carbocycles. The number of nitrogens with zero attached hydrogens (tertiary/aromatic N) is 1. The topological polar surface area (TPSA) is 21.6 Å². The summed E-state index contributed by atoms with van der Waals surface area (Å²) >= 11 is 0. The van der Waals surface area contributed by atoms with Crippen molar-refractivity contribution in [2.45, 2.75) is 32.6 Å². The summed E-state index contributed by atoms with van der Waals surface area (Å²) in [6, 6.07) is 0. The van der Waals surface area contributed by atoms with E-state index in [2.05, 4.69) is 18.3 Å². The van der Waals surface area contributed by atoms with Crippen molar-refractivity contribution >= 4 is 6.21 Å². The van der Waals surface area contributed by atoms with Gasteiger partial charge in [-0.2, -0.15) is 0 Å². The van der Waals surface area contributed by atoms with Crippen LogP contribution in [0.4, 0.5) is 0 Å². The Morgan fingerprint density at radius 1 is 1.60 bits per heavy atom. The zero-order chi connectivity index (χ0) is 7.23. The molecule has 0 bridgehead atoms. The van der Waals surface area contributed by atoms with Gasteiger partial charge in [-0.1, -0.05) is 18.5 Å². The van der Waals surface area contributed by atoms with Crippen LogP contribution in [-0.4, -0.2) is 12.8 Å². The third-order valence-electron chi connectivity index (χ3n) is 1.70. The normalized spacial score (nSPS) is 19.3. The summed E-state index contributed by atoms with van der Waals surface area (Å²) in [4.78, 5) is 4.90. The predicted octanol–water partition coefficient (Wildman–Crippen LogP) is 2.08. The lowest BCUT2D eigenvalue weighted by Crippen LogP contribution is -2.11. The van der Waals surface area contributed by atoms with Crippen molar-refractivity contribution < 1.29 is 4.84 Å². The Hall–Kier alpha value is -0.530. The maximum Gasteiger partial charge on any atom is 0.116 e. The maximum absolute atomic E-state index is 4.90. The van der Waals surface area contributed by atoms with Crippen LogP contribution in [0.2, 0.25) is 0 Å². The molecule has 0 spiro atoms. The Balaban J connectivity index is 1.94. The lowest BCUT2D eigenvalue weighted by molar-refractivity contribution is 0.144. The van der Waals surface area contributed by atoms with E-state index in [1.54, 1.807) is 0 Å². The first-order chi connectivity index (χ1) is 4.93. The van der Waals surface area contributed by atoms with Gasteiger partial charge in [-0.05, 0) is 19.3 Å². The molecule has 0 aromatic heterocycles. The van der Waals surface area contributed by atoms with Crippen LogP contribution in [0, 0.1) is 5.92 Å². The van der Waals surface area contributed by atoms with E-state index in [4.69, 9.17) is 4.84 Å². The van der Waals surface area contributed by atoms with Crippen molar-refractivity contribution in [1.29, 1.82) is 0 Å². The molecule has 0 atom stereocenters. The van der Waals surface area contributed by atoms with E-state index in [-0.39, 0.29) is 0 Å². The standard InChI is InChI=1S/C8H14NO/c1-2-6-10-9-7-8-4-3-5-8/h8H,2-6H2,1H3. The van der Waals surface area contributed by atoms with Gasteiger partial charge in [0.2, 0.25) is 0 Å². The minimum absolute atomic E-state index is 0.594. The molecule has 0 amide bonds. The van der Waals surface area contributed by atoms with Crippen LogP contribution < -0.4 is 0 Å². The molecule has 1 fully saturated rings. The average Bonchev–Trinajstić information content (AvgIpc) is 1.84. The molecule has 1 rings (SSSR count). The van der Waals surface area contributed by atoms with Crippen molar-refractivity contribution in [2.75, 3.05) is 6.61 Å². The molecule has 0 aromatic carbocycles. The quantitative estimate of drug-likeness (QED) is 0.333. The minimum atomic E-state index is 0.594. The van der Waals surface area contributed by atoms with Crippen molar-refractivity contribution in [3.8, 4) is 0 Å². The fourth-order valence-corrected chi connectivity index (χ4v) is 0.786. The summed E-state index contributed by atoms with van der Waals surface area (Å²) < 4.78 is 0. The van der Waals surface area contributed by atoms with Crippen molar-refractivity contribution in [3.63, 3.8) is 0 Å². The summed E-state index contributed by atoms with van der Waals surface area (Å²) in [5.41, 5.74) is 0. The van der Waals surface area contributed by atoms with Gasteiger partial charge in [0.25, 0.3) is 0 Å². The SMILES string of the molecule is CCCO/N=[C]\C1CCC1. The Labute approximate surface area is 62.3 Å². The highest BCUT2D eigenvalue weighted by atomic mass is 16.6. The number of hydrogen-bond donors (Lipinski definition) is 0. The molecular weight excluding hydrogens is 126 g/mol. The van der Waals surface area contributed by atoms with E-state index < -0.39 is 0 Å². The van der Waals surface area contributed by atoms with E-state index in [0.717, 1.165) is 13.0 Å². The third kappa shape index (κ3) is 2.38. The Morgan fingerprint density at radius 3 is 2.90 bits per heavy atom. The molecule has 0 aromatic rings. The smallest absolute Gasteiger partial charge is 0.116 e. The van der Waals surface area contributed by atoms with Gasteiger partial charge in [-0.25, -0.2) is 0 Å². The highest BCUT2D eigenvalue weighted by Gasteiger charge is 2.15. The third-order valence-corrected chi connectivity index (χ3v) is 1.70. The second kappa shape index (κ2) is 4.31. The highest BCUT2D eigenvalue weighted by molar-refractivity contribution is 5.60. The van der Waals surface area contributed by atoms with E-state index in [1.165, 1.54) is 19.3 Å². The van der Waals surface area contributed by atoms with Crippen molar-refractivity contribution in [2.24, 2.45) is 11.1 Å². The van der Waals surface area contributed by atoms with Gasteiger partial charge in [0.05, 0.1) is 0 Å². The maximum atomic E-state index is 4.90. The Bertz CT molecular complexity index is 108. The molecule has 1 saturated carbocycles. The van der Waals surface area contributed by atoms with E-state index in [0.29, 0.717) is 5.92 Å². The molecular formula is C8H14NO. The van der Waals surface area contributed by atoms with Crippen LogP contribution in [0.1, 0.15) is 32.6 Å². The molecule has 0 saturated heterocycles. The molecule has 1 radical (unpaired) electrons. The molecule has 0 N–H and O–H groups in total. The van der Waals surface area contributed by atoms with Gasteiger partial charge in [-0.3, -0.25) is 0 Å². The fraction of sp³-hybridized carbons (Fsp3) is 0.875. The van der Waals surface area contributed by atoms with Gasteiger partial charge >= 0.3 is 0 Å². The second-order valence-electron chi connectivity index (χ2n) is 2.68. The van der Waals surface area contributed by atoms with E-state index >= 15 is 0 Å². The fourth-order valence-electron chi connectivity index (χ4n) is 0.786. The van der Waals surface area contributed by atoms with Gasteiger partial charge in [0.1, 0.15) is 12.8 Å². The average molecular weight is 140 g/mol. The van der Waals surface area contributed by atoms with Gasteiger partial charge in [-0.15, -0.1) is 0 Å². The molecule has 57 valence electrons. The minimum Gasteiger partial charge on any atom is -0.396 e. The first kappa shape index (κ1) is 7.58. The summed E-state index contributed by atoms with van der Waals surface area (Å²) in [7, 11) is 0. The van der Waals surface area contributed by atoms with Gasteiger partial charge in [0, 0.05) is 5.92 Å². The molecule has 0 unspecified atom stereocenters. The van der Waals surface area contributed by atoms with Crippen LogP contribution in [0.3, 0.4) is 0 Å². The largest absolute Gasteiger partial charge is 0.396 e. The van der Waals surface area contributed by atoms with E-state index in [1.807, 2.05) is 0 Å². The van der Waals surface area contributed by atoms with Gasteiger partial charge in [0.15, 0.2) is 0 Å². The molecule has 0 aliphatic heterocycles. The summed E-state index contributed by atoms with van der Waals surface area (Å²) in [5, 5.41) is 3.73. The van der Waals surface area contributed by atoms with Crippen LogP contribution >= 0.6 is 0 Å². The summed E-state index contributed by atoms with van der Waals surface area (Å²) in [6.45, 7) is 2.79. The lowest BCUT2D eigenvalue weighted by Gasteiger charge is -2.18. The van der Waals surface area contributed by atoms with Crippen LogP contribution in [-0.2, 0) is 4.84 Å². The highest BCUT2D eigenvalue weighted by Crippen LogP contribution is 2.23. The molecule has 2 nitrogen and oxygen atoms in total. The Kier molecular flexibility index (Phi) is 3.27. The Morgan fingerprint density at radius 2 is 2.40 bits per heavy atom. The zero-order valence-electron chi connectivity index (χ0n) is 6.47. The molecule has 0 heterocycles. The van der Waals surface area contributed by atoms with Crippen LogP contribution in [0.25, 0.3) is 0 Å². The predicted molar refractivity (Wildman–Crippen MR) is 41.0 cm³/mol. The zero-order valence-corrected chi connectivity index (χ0v) is 6.47. The van der Waals surface area contributed by atoms with Crippen molar-refractivity contribution in [1.82, 2.24) is 0 Å². The van der Waals surface area contributed by atoms with E-state index in [9.17, 15) is 0 Å².